The van der Waals surface area contributed by atoms with E-state index in [1.165, 1.54) is 0 Å². The van der Waals surface area contributed by atoms with Crippen LogP contribution in [0, 0.1) is 25.2 Å². The average molecular weight is 309 g/mol. The molecule has 4 nitrogen and oxygen atoms in total. The highest BCUT2D eigenvalue weighted by atomic mass is 35.5. The molecule has 0 atom stereocenters. The lowest BCUT2D eigenvalue weighted by molar-refractivity contribution is 0.806. The number of halogens is 1. The van der Waals surface area contributed by atoms with Crippen molar-refractivity contribution in [1.82, 2.24) is 15.0 Å². The summed E-state index contributed by atoms with van der Waals surface area (Å²) in [5, 5.41) is 18.1. The molecule has 0 radical (unpaired) electrons. The van der Waals surface area contributed by atoms with Gasteiger partial charge in [0.2, 0.25) is 0 Å². The molecule has 2 aromatic carbocycles. The van der Waals surface area contributed by atoms with Crippen LogP contribution in [0.1, 0.15) is 16.8 Å². The van der Waals surface area contributed by atoms with Gasteiger partial charge in [-0.05, 0) is 37.6 Å². The van der Waals surface area contributed by atoms with E-state index < -0.39 is 0 Å². The van der Waals surface area contributed by atoms with Gasteiger partial charge < -0.3 is 0 Å². The molecule has 0 N–H and O–H groups in total. The van der Waals surface area contributed by atoms with E-state index in [9.17, 15) is 5.26 Å². The summed E-state index contributed by atoms with van der Waals surface area (Å²) in [6.45, 7) is 3.95. The highest BCUT2D eigenvalue weighted by Crippen LogP contribution is 2.27. The second-order valence-electron chi connectivity index (χ2n) is 5.11. The van der Waals surface area contributed by atoms with Crippen molar-refractivity contribution in [2.24, 2.45) is 0 Å². The monoisotopic (exact) mass is 308 g/mol. The fraction of sp³-hybridized carbons (Fsp3) is 0.118. The lowest BCUT2D eigenvalue weighted by atomic mass is 10.1. The Bertz CT molecular complexity index is 890. The van der Waals surface area contributed by atoms with Crippen LogP contribution in [0.25, 0.3) is 16.9 Å². The van der Waals surface area contributed by atoms with Crippen molar-refractivity contribution in [2.75, 3.05) is 0 Å². The Morgan fingerprint density at radius 2 is 1.95 bits per heavy atom. The molecule has 0 amide bonds. The first-order valence-electron chi connectivity index (χ1n) is 6.79. The van der Waals surface area contributed by atoms with Crippen molar-refractivity contribution in [3.8, 4) is 23.0 Å². The lowest BCUT2D eigenvalue weighted by Crippen LogP contribution is -2.00. The van der Waals surface area contributed by atoms with E-state index in [-0.39, 0.29) is 0 Å². The van der Waals surface area contributed by atoms with Gasteiger partial charge in [0.15, 0.2) is 5.69 Å². The summed E-state index contributed by atoms with van der Waals surface area (Å²) in [4.78, 5) is 0. The number of hydrogen-bond acceptors (Lipinski definition) is 3. The van der Waals surface area contributed by atoms with Crippen LogP contribution in [0.15, 0.2) is 42.5 Å². The molecule has 108 valence electrons. The summed E-state index contributed by atoms with van der Waals surface area (Å²) in [5.41, 5.74) is 4.74. The molecule has 0 saturated carbocycles. The predicted octanol–water partition coefficient (Wildman–Crippen LogP) is 4.08. The zero-order valence-corrected chi connectivity index (χ0v) is 13.0. The molecule has 0 spiro atoms. The number of aryl methyl sites for hydroxylation is 2. The minimum absolute atomic E-state index is 0.294. The van der Waals surface area contributed by atoms with E-state index >= 15 is 0 Å². The topological polar surface area (TPSA) is 54.5 Å². The fourth-order valence-corrected chi connectivity index (χ4v) is 2.48. The number of nitrogens with zero attached hydrogens (tertiary/aromatic N) is 4. The van der Waals surface area contributed by atoms with Crippen LogP contribution in [0.2, 0.25) is 5.02 Å². The number of aromatic nitrogens is 3. The molecular weight excluding hydrogens is 296 g/mol. The minimum atomic E-state index is 0.294. The van der Waals surface area contributed by atoms with Gasteiger partial charge in [-0.2, -0.15) is 5.26 Å². The smallest absolute Gasteiger partial charge is 0.191 e. The maximum Gasteiger partial charge on any atom is 0.191 e. The van der Waals surface area contributed by atoms with Gasteiger partial charge in [0.25, 0.3) is 0 Å². The van der Waals surface area contributed by atoms with E-state index in [0.717, 1.165) is 22.4 Å². The van der Waals surface area contributed by atoms with Crippen LogP contribution in [-0.2, 0) is 0 Å². The van der Waals surface area contributed by atoms with Gasteiger partial charge in [-0.25, -0.2) is 4.68 Å². The first kappa shape index (κ1) is 14.3. The van der Waals surface area contributed by atoms with Gasteiger partial charge in [0, 0.05) is 10.6 Å². The third kappa shape index (κ3) is 2.47. The molecule has 0 fully saturated rings. The van der Waals surface area contributed by atoms with Crippen molar-refractivity contribution < 1.29 is 0 Å². The van der Waals surface area contributed by atoms with Gasteiger partial charge in [0.05, 0.1) is 5.69 Å². The van der Waals surface area contributed by atoms with Gasteiger partial charge in [-0.1, -0.05) is 46.6 Å². The third-order valence-electron chi connectivity index (χ3n) is 3.47. The van der Waals surface area contributed by atoms with E-state index in [1.54, 1.807) is 4.68 Å². The molecule has 0 aliphatic rings. The number of hydrogen-bond donors (Lipinski definition) is 0. The average Bonchev–Trinajstić information content (AvgIpc) is 2.94. The van der Waals surface area contributed by atoms with Gasteiger partial charge >= 0.3 is 0 Å². The van der Waals surface area contributed by atoms with E-state index in [2.05, 4.69) is 16.4 Å². The fourth-order valence-electron chi connectivity index (χ4n) is 2.30. The SMILES string of the molecule is Cc1cccc(-c2c(C#N)nnn2-c2ccc(C)c(Cl)c2)c1. The third-order valence-corrected chi connectivity index (χ3v) is 3.87. The maximum absolute atomic E-state index is 9.32. The zero-order chi connectivity index (χ0) is 15.7. The molecular formula is C17H13ClN4. The first-order chi connectivity index (χ1) is 10.6. The first-order valence-corrected chi connectivity index (χ1v) is 7.17. The molecule has 0 aliphatic carbocycles. The minimum Gasteiger partial charge on any atom is -0.211 e. The molecule has 5 heteroatoms. The maximum atomic E-state index is 9.32. The highest BCUT2D eigenvalue weighted by molar-refractivity contribution is 6.31. The number of benzene rings is 2. The van der Waals surface area contributed by atoms with Crippen LogP contribution >= 0.6 is 11.6 Å². The van der Waals surface area contributed by atoms with Crippen LogP contribution in [0.3, 0.4) is 0 Å². The van der Waals surface area contributed by atoms with E-state index in [0.29, 0.717) is 16.4 Å². The molecule has 1 heterocycles. The molecule has 0 bridgehead atoms. The van der Waals surface area contributed by atoms with Crippen LogP contribution in [-0.4, -0.2) is 15.0 Å². The van der Waals surface area contributed by atoms with E-state index in [4.69, 9.17) is 11.6 Å². The number of rotatable bonds is 2. The van der Waals surface area contributed by atoms with Crippen LogP contribution < -0.4 is 0 Å². The normalized spacial score (nSPS) is 10.5. The lowest BCUT2D eigenvalue weighted by Gasteiger charge is -2.09. The molecule has 22 heavy (non-hydrogen) atoms. The Morgan fingerprint density at radius 1 is 1.14 bits per heavy atom. The summed E-state index contributed by atoms with van der Waals surface area (Å²) < 4.78 is 1.65. The van der Waals surface area contributed by atoms with Crippen molar-refractivity contribution in [2.45, 2.75) is 13.8 Å². The summed E-state index contributed by atoms with van der Waals surface area (Å²) >= 11 is 6.20. The summed E-state index contributed by atoms with van der Waals surface area (Å²) in [6.07, 6.45) is 0. The molecule has 1 aromatic heterocycles. The standard InChI is InChI=1S/C17H13ClN4/c1-11-4-3-5-13(8-11)17-16(10-19)20-21-22(17)14-7-6-12(2)15(18)9-14/h3-9H,1-2H3. The molecule has 0 unspecified atom stereocenters. The highest BCUT2D eigenvalue weighted by Gasteiger charge is 2.16. The second kappa shape index (κ2) is 5.63. The van der Waals surface area contributed by atoms with Gasteiger partial charge in [-0.3, -0.25) is 0 Å². The van der Waals surface area contributed by atoms with Crippen molar-refractivity contribution >= 4 is 11.6 Å². The molecule has 3 aromatic rings. The van der Waals surface area contributed by atoms with Gasteiger partial charge in [0.1, 0.15) is 11.8 Å². The Morgan fingerprint density at radius 3 is 2.64 bits per heavy atom. The Kier molecular flexibility index (Phi) is 3.66. The molecule has 3 rings (SSSR count). The molecule has 0 saturated heterocycles. The van der Waals surface area contributed by atoms with Crippen LogP contribution in [0.5, 0.6) is 0 Å². The Labute approximate surface area is 133 Å². The predicted molar refractivity (Wildman–Crippen MR) is 86.0 cm³/mol. The summed E-state index contributed by atoms with van der Waals surface area (Å²) in [7, 11) is 0. The molecule has 0 aliphatic heterocycles. The largest absolute Gasteiger partial charge is 0.211 e. The zero-order valence-electron chi connectivity index (χ0n) is 12.2. The number of nitriles is 1. The van der Waals surface area contributed by atoms with Crippen molar-refractivity contribution in [3.63, 3.8) is 0 Å². The van der Waals surface area contributed by atoms with Crippen LogP contribution in [0.4, 0.5) is 0 Å². The quantitative estimate of drug-likeness (QED) is 0.717. The summed E-state index contributed by atoms with van der Waals surface area (Å²) in [5.74, 6) is 0. The van der Waals surface area contributed by atoms with Crippen molar-refractivity contribution in [1.29, 1.82) is 5.26 Å². The van der Waals surface area contributed by atoms with Gasteiger partial charge in [-0.15, -0.1) is 5.10 Å². The Balaban J connectivity index is 2.24. The van der Waals surface area contributed by atoms with E-state index in [1.807, 2.05) is 56.3 Å². The second-order valence-corrected chi connectivity index (χ2v) is 5.52. The summed E-state index contributed by atoms with van der Waals surface area (Å²) in [6, 6.07) is 15.7. The Hall–Kier alpha value is -2.64. The van der Waals surface area contributed by atoms with Crippen molar-refractivity contribution in [3.05, 3.63) is 64.3 Å².